The van der Waals surface area contributed by atoms with Gasteiger partial charge in [0.15, 0.2) is 11.9 Å². The maximum atomic E-state index is 5.23. The number of hydrogen-bond acceptors (Lipinski definition) is 2. The first-order chi connectivity index (χ1) is 7.58. The molecule has 0 atom stereocenters. The molecule has 0 radical (unpaired) electrons. The molecule has 0 heterocycles. The predicted octanol–water partition coefficient (Wildman–Crippen LogP) is -0.767. The number of nitrogens with two attached hydrogens (primary N) is 4. The van der Waals surface area contributed by atoms with E-state index in [1.54, 1.807) is 0 Å². The Kier molecular flexibility index (Phi) is 4.14. The van der Waals surface area contributed by atoms with Crippen LogP contribution in [-0.2, 0) is 13.1 Å². The van der Waals surface area contributed by atoms with Gasteiger partial charge in [-0.3, -0.25) is 0 Å². The lowest BCUT2D eigenvalue weighted by atomic mass is 10.1. The third-order valence-electron chi connectivity index (χ3n) is 1.91. The van der Waals surface area contributed by atoms with Crippen molar-refractivity contribution in [1.29, 1.82) is 0 Å². The molecule has 86 valence electrons. The highest BCUT2D eigenvalue weighted by Crippen LogP contribution is 2.06. The molecule has 0 aliphatic rings. The highest BCUT2D eigenvalue weighted by atomic mass is 15.0. The van der Waals surface area contributed by atoms with Gasteiger partial charge in [-0.1, -0.05) is 24.3 Å². The fourth-order valence-electron chi connectivity index (χ4n) is 1.12. The predicted molar refractivity (Wildman–Crippen MR) is 65.5 cm³/mol. The van der Waals surface area contributed by atoms with Crippen LogP contribution in [0.15, 0.2) is 34.3 Å². The molecule has 0 fully saturated rings. The van der Waals surface area contributed by atoms with E-state index in [1.807, 2.05) is 24.3 Å². The number of hydrogen-bond donors (Lipinski definition) is 4. The van der Waals surface area contributed by atoms with Crippen molar-refractivity contribution in [1.82, 2.24) is 0 Å². The summed E-state index contributed by atoms with van der Waals surface area (Å²) in [7, 11) is 0. The van der Waals surface area contributed by atoms with Crippen molar-refractivity contribution in [2.45, 2.75) is 13.1 Å². The minimum Gasteiger partial charge on any atom is -0.370 e. The van der Waals surface area contributed by atoms with Gasteiger partial charge in [-0.15, -0.1) is 0 Å². The van der Waals surface area contributed by atoms with Gasteiger partial charge in [0.25, 0.3) is 0 Å². The normalized spacial score (nSPS) is 9.50. The molecule has 1 aromatic carbocycles. The van der Waals surface area contributed by atoms with Crippen LogP contribution < -0.4 is 22.9 Å². The maximum absolute atomic E-state index is 5.23. The summed E-state index contributed by atoms with van der Waals surface area (Å²) < 4.78 is 0. The zero-order valence-corrected chi connectivity index (χ0v) is 8.93. The minimum absolute atomic E-state index is 0.0876. The highest BCUT2D eigenvalue weighted by molar-refractivity contribution is 5.76. The van der Waals surface area contributed by atoms with Crippen LogP contribution in [0.1, 0.15) is 11.1 Å². The summed E-state index contributed by atoms with van der Waals surface area (Å²) in [6, 6.07) is 7.74. The van der Waals surface area contributed by atoms with Gasteiger partial charge in [-0.05, 0) is 11.1 Å². The van der Waals surface area contributed by atoms with Crippen LogP contribution in [0.25, 0.3) is 0 Å². The monoisotopic (exact) mass is 220 g/mol. The van der Waals surface area contributed by atoms with E-state index in [-0.39, 0.29) is 11.9 Å². The molecule has 0 amide bonds. The second-order valence-electron chi connectivity index (χ2n) is 3.30. The Labute approximate surface area is 94.0 Å². The number of nitrogens with zero attached hydrogens (tertiary/aromatic N) is 2. The molecule has 0 saturated heterocycles. The molecule has 0 aliphatic heterocycles. The van der Waals surface area contributed by atoms with E-state index >= 15 is 0 Å². The van der Waals surface area contributed by atoms with Crippen LogP contribution in [0.2, 0.25) is 0 Å². The average Bonchev–Trinajstić information content (AvgIpc) is 2.25. The maximum Gasteiger partial charge on any atom is 0.186 e. The van der Waals surface area contributed by atoms with E-state index in [0.717, 1.165) is 11.1 Å². The molecule has 0 spiro atoms. The van der Waals surface area contributed by atoms with Crippen LogP contribution in [0.3, 0.4) is 0 Å². The van der Waals surface area contributed by atoms with Gasteiger partial charge in [0, 0.05) is 0 Å². The van der Waals surface area contributed by atoms with E-state index in [1.165, 1.54) is 0 Å². The first kappa shape index (κ1) is 11.8. The molecule has 6 heteroatoms. The summed E-state index contributed by atoms with van der Waals surface area (Å²) >= 11 is 0. The van der Waals surface area contributed by atoms with Crippen LogP contribution >= 0.6 is 0 Å². The van der Waals surface area contributed by atoms with Gasteiger partial charge < -0.3 is 22.9 Å². The Bertz CT molecular complexity index is 345. The molecule has 0 saturated carbocycles. The van der Waals surface area contributed by atoms with Crippen molar-refractivity contribution < 1.29 is 0 Å². The Morgan fingerprint density at radius 2 is 1.06 bits per heavy atom. The molecular weight excluding hydrogens is 204 g/mol. The summed E-state index contributed by atoms with van der Waals surface area (Å²) in [5.41, 5.74) is 23.0. The molecule has 0 aliphatic carbocycles. The van der Waals surface area contributed by atoms with E-state index in [9.17, 15) is 0 Å². The third-order valence-corrected chi connectivity index (χ3v) is 1.91. The average molecular weight is 220 g/mol. The van der Waals surface area contributed by atoms with E-state index < -0.39 is 0 Å². The Balaban J connectivity index is 2.61. The Morgan fingerprint density at radius 1 is 0.750 bits per heavy atom. The lowest BCUT2D eigenvalue weighted by Crippen LogP contribution is -2.22. The smallest absolute Gasteiger partial charge is 0.186 e. The zero-order chi connectivity index (χ0) is 12.0. The Morgan fingerprint density at radius 3 is 1.31 bits per heavy atom. The van der Waals surface area contributed by atoms with E-state index in [0.29, 0.717) is 13.1 Å². The van der Waals surface area contributed by atoms with Crippen molar-refractivity contribution in [3.05, 3.63) is 35.4 Å². The van der Waals surface area contributed by atoms with Gasteiger partial charge in [-0.25, -0.2) is 9.98 Å². The molecule has 1 rings (SSSR count). The van der Waals surface area contributed by atoms with Crippen LogP contribution in [0, 0.1) is 0 Å². The molecular formula is C10H16N6. The Hall–Kier alpha value is -2.24. The summed E-state index contributed by atoms with van der Waals surface area (Å²) in [5, 5.41) is 0. The van der Waals surface area contributed by atoms with E-state index in [2.05, 4.69) is 9.98 Å². The SMILES string of the molecule is NC(N)=NCc1ccc(CN=C(N)N)cc1. The molecule has 0 bridgehead atoms. The molecule has 6 nitrogen and oxygen atoms in total. The summed E-state index contributed by atoms with van der Waals surface area (Å²) in [6.45, 7) is 0.954. The fourth-order valence-corrected chi connectivity index (χ4v) is 1.12. The minimum atomic E-state index is 0.0876. The van der Waals surface area contributed by atoms with Crippen LogP contribution in [0.4, 0.5) is 0 Å². The molecule has 16 heavy (non-hydrogen) atoms. The number of rotatable bonds is 4. The van der Waals surface area contributed by atoms with Crippen LogP contribution in [0.5, 0.6) is 0 Å². The van der Waals surface area contributed by atoms with Gasteiger partial charge in [0.05, 0.1) is 13.1 Å². The zero-order valence-electron chi connectivity index (χ0n) is 8.93. The third kappa shape index (κ3) is 4.32. The summed E-state index contributed by atoms with van der Waals surface area (Å²) in [6.07, 6.45) is 0. The number of guanidine groups is 2. The first-order valence-corrected chi connectivity index (χ1v) is 4.76. The van der Waals surface area contributed by atoms with Crippen molar-refractivity contribution in [2.75, 3.05) is 0 Å². The van der Waals surface area contributed by atoms with Crippen molar-refractivity contribution in [2.24, 2.45) is 32.9 Å². The molecule has 1 aromatic rings. The lowest BCUT2D eigenvalue weighted by Gasteiger charge is -2.00. The summed E-state index contributed by atoms with van der Waals surface area (Å²) in [4.78, 5) is 7.81. The number of aliphatic imine (C=N–C) groups is 2. The van der Waals surface area contributed by atoms with Crippen molar-refractivity contribution in [3.8, 4) is 0 Å². The molecule has 0 unspecified atom stereocenters. The first-order valence-electron chi connectivity index (χ1n) is 4.76. The quantitative estimate of drug-likeness (QED) is 0.392. The second kappa shape index (κ2) is 5.59. The fraction of sp³-hybridized carbons (Fsp3) is 0.200. The molecule has 0 aromatic heterocycles. The highest BCUT2D eigenvalue weighted by Gasteiger charge is 1.94. The van der Waals surface area contributed by atoms with Gasteiger partial charge in [-0.2, -0.15) is 0 Å². The largest absolute Gasteiger partial charge is 0.370 e. The lowest BCUT2D eigenvalue weighted by molar-refractivity contribution is 1.03. The standard InChI is InChI=1S/C10H16N6/c11-9(12)15-5-7-1-2-8(4-3-7)6-16-10(13)14/h1-4H,5-6H2,(H4,11,12,15)(H4,13,14,16). The van der Waals surface area contributed by atoms with Crippen LogP contribution in [-0.4, -0.2) is 11.9 Å². The second-order valence-corrected chi connectivity index (χ2v) is 3.30. The van der Waals surface area contributed by atoms with Gasteiger partial charge >= 0.3 is 0 Å². The van der Waals surface area contributed by atoms with Gasteiger partial charge in [0.2, 0.25) is 0 Å². The summed E-state index contributed by atoms with van der Waals surface area (Å²) in [5.74, 6) is 0.175. The topological polar surface area (TPSA) is 129 Å². The van der Waals surface area contributed by atoms with E-state index in [4.69, 9.17) is 22.9 Å². The van der Waals surface area contributed by atoms with Gasteiger partial charge in [0.1, 0.15) is 0 Å². The molecule has 8 N–H and O–H groups in total. The number of benzene rings is 1. The van der Waals surface area contributed by atoms with Crippen molar-refractivity contribution >= 4 is 11.9 Å². The van der Waals surface area contributed by atoms with Crippen molar-refractivity contribution in [3.63, 3.8) is 0 Å².